The van der Waals surface area contributed by atoms with Gasteiger partial charge in [0.25, 0.3) is 5.56 Å². The number of pyridine rings is 1. The van der Waals surface area contributed by atoms with E-state index >= 15 is 0 Å². The van der Waals surface area contributed by atoms with E-state index in [9.17, 15) is 9.90 Å². The van der Waals surface area contributed by atoms with E-state index in [1.54, 1.807) is 25.1 Å². The molecule has 0 aliphatic heterocycles. The molecule has 0 unspecified atom stereocenters. The van der Waals surface area contributed by atoms with E-state index in [1.807, 2.05) is 0 Å². The fraction of sp³-hybridized carbons (Fsp3) is 0.286. The lowest BCUT2D eigenvalue weighted by Crippen LogP contribution is -2.35. The van der Waals surface area contributed by atoms with E-state index < -0.39 is 5.56 Å². The van der Waals surface area contributed by atoms with Gasteiger partial charge in [-0.2, -0.15) is 5.26 Å². The first-order chi connectivity index (χ1) is 8.56. The first-order valence-corrected chi connectivity index (χ1v) is 5.71. The maximum absolute atomic E-state index is 11.3. The van der Waals surface area contributed by atoms with Gasteiger partial charge in [-0.1, -0.05) is 39.0 Å². The summed E-state index contributed by atoms with van der Waals surface area (Å²) in [5, 5.41) is 19.2. The molecule has 0 bridgehead atoms. The summed E-state index contributed by atoms with van der Waals surface area (Å²) < 4.78 is 0. The second-order valence-electron chi connectivity index (χ2n) is 3.52. The second-order valence-corrected chi connectivity index (χ2v) is 3.52. The fourth-order valence-electron chi connectivity index (χ4n) is 1.27. The van der Waals surface area contributed by atoms with Gasteiger partial charge in [0.05, 0.1) is 5.35 Å². The zero-order valence-electron chi connectivity index (χ0n) is 10.9. The van der Waals surface area contributed by atoms with Crippen molar-refractivity contribution in [3.63, 3.8) is 0 Å². The van der Waals surface area contributed by atoms with Crippen LogP contribution in [0.3, 0.4) is 0 Å². The van der Waals surface area contributed by atoms with Crippen LogP contribution in [0.1, 0.15) is 32.8 Å². The lowest BCUT2D eigenvalue weighted by Gasteiger charge is -1.97. The van der Waals surface area contributed by atoms with Crippen LogP contribution in [0.2, 0.25) is 0 Å². The second kappa shape index (κ2) is 7.91. The minimum absolute atomic E-state index is 0.274. The van der Waals surface area contributed by atoms with Gasteiger partial charge in [-0.05, 0) is 13.0 Å². The Kier molecular flexibility index (Phi) is 6.91. The minimum atomic E-state index is -0.603. The van der Waals surface area contributed by atoms with E-state index in [1.165, 1.54) is 12.5 Å². The van der Waals surface area contributed by atoms with Gasteiger partial charge in [-0.15, -0.1) is 0 Å². The number of aromatic hydroxyl groups is 1. The van der Waals surface area contributed by atoms with Gasteiger partial charge in [0, 0.05) is 5.22 Å². The molecule has 1 aromatic heterocycles. The molecule has 0 radical (unpaired) electrons. The van der Waals surface area contributed by atoms with Gasteiger partial charge in [-0.3, -0.25) is 4.79 Å². The van der Waals surface area contributed by atoms with Gasteiger partial charge < -0.3 is 10.1 Å². The molecule has 0 spiro atoms. The molecule has 0 saturated carbocycles. The number of allylic oxidation sites excluding steroid dienone is 1. The summed E-state index contributed by atoms with van der Waals surface area (Å²) in [6.45, 7) is 9.45. The Morgan fingerprint density at radius 3 is 2.44 bits per heavy atom. The van der Waals surface area contributed by atoms with Crippen LogP contribution in [0, 0.1) is 11.3 Å². The standard InChI is InChI=1S/C11H10N2O2.C3H8/c1-3-5-9-7(4-2)10(14)8(6-12)11(15)13-9;1-3-2/h3-5,14H,1H2,2H3,(H,13,15);3H2,1-2H3/b7-4+,9-5+;. The van der Waals surface area contributed by atoms with E-state index in [2.05, 4.69) is 25.4 Å². The summed E-state index contributed by atoms with van der Waals surface area (Å²) in [6.07, 6.45) is 5.91. The van der Waals surface area contributed by atoms with Crippen molar-refractivity contribution in [1.82, 2.24) is 4.98 Å². The number of hydrogen-bond acceptors (Lipinski definition) is 3. The number of rotatable bonds is 1. The normalized spacial score (nSPS) is 11.4. The van der Waals surface area contributed by atoms with E-state index in [-0.39, 0.29) is 11.3 Å². The molecule has 1 rings (SSSR count). The summed E-state index contributed by atoms with van der Waals surface area (Å²) >= 11 is 0. The Hall–Kier alpha value is -2.28. The monoisotopic (exact) mass is 246 g/mol. The number of nitriles is 1. The summed E-state index contributed by atoms with van der Waals surface area (Å²) in [7, 11) is 0. The van der Waals surface area contributed by atoms with Gasteiger partial charge in [0.1, 0.15) is 11.8 Å². The Labute approximate surface area is 106 Å². The Bertz CT molecular complexity index is 619. The molecule has 0 saturated heterocycles. The maximum atomic E-state index is 11.3. The predicted molar refractivity (Wildman–Crippen MR) is 73.5 cm³/mol. The predicted octanol–water partition coefficient (Wildman–Crippen LogP) is 1.14. The number of hydrogen-bond donors (Lipinski definition) is 2. The van der Waals surface area contributed by atoms with Crippen molar-refractivity contribution < 1.29 is 5.11 Å². The van der Waals surface area contributed by atoms with Crippen LogP contribution in [0.5, 0.6) is 5.75 Å². The van der Waals surface area contributed by atoms with Crippen LogP contribution >= 0.6 is 0 Å². The van der Waals surface area contributed by atoms with Crippen molar-refractivity contribution in [3.05, 3.63) is 39.1 Å². The first kappa shape index (κ1) is 15.7. The summed E-state index contributed by atoms with van der Waals surface area (Å²) in [6, 6.07) is 1.65. The highest BCUT2D eigenvalue weighted by Crippen LogP contribution is 2.00. The molecule has 1 aromatic rings. The molecule has 4 heteroatoms. The first-order valence-electron chi connectivity index (χ1n) is 5.71. The highest BCUT2D eigenvalue weighted by molar-refractivity contribution is 5.46. The minimum Gasteiger partial charge on any atom is -0.506 e. The molecule has 0 amide bonds. The Morgan fingerprint density at radius 1 is 1.50 bits per heavy atom. The van der Waals surface area contributed by atoms with Crippen LogP contribution < -0.4 is 16.1 Å². The molecule has 0 fully saturated rings. The van der Waals surface area contributed by atoms with Crippen molar-refractivity contribution in [2.45, 2.75) is 27.2 Å². The van der Waals surface area contributed by atoms with Crippen molar-refractivity contribution >= 4 is 12.2 Å². The highest BCUT2D eigenvalue weighted by Gasteiger charge is 2.07. The quantitative estimate of drug-likeness (QED) is 0.780. The van der Waals surface area contributed by atoms with Crippen molar-refractivity contribution in [2.75, 3.05) is 0 Å². The average molecular weight is 246 g/mol. The molecule has 18 heavy (non-hydrogen) atoms. The number of H-pyrrole nitrogens is 1. The lowest BCUT2D eigenvalue weighted by molar-refractivity contribution is 0.466. The molecular weight excluding hydrogens is 228 g/mol. The average Bonchev–Trinajstić information content (AvgIpc) is 2.31. The van der Waals surface area contributed by atoms with E-state index in [0.717, 1.165) is 0 Å². The summed E-state index contributed by atoms with van der Waals surface area (Å²) in [5.41, 5.74) is -0.877. The summed E-state index contributed by atoms with van der Waals surface area (Å²) in [5.74, 6) is -0.295. The number of aromatic amines is 1. The third-order valence-corrected chi connectivity index (χ3v) is 1.94. The molecule has 4 nitrogen and oxygen atoms in total. The van der Waals surface area contributed by atoms with Gasteiger partial charge in [0.15, 0.2) is 5.56 Å². The fourth-order valence-corrected chi connectivity index (χ4v) is 1.27. The van der Waals surface area contributed by atoms with Gasteiger partial charge in [0.2, 0.25) is 0 Å². The van der Waals surface area contributed by atoms with Crippen LogP contribution in [-0.2, 0) is 0 Å². The summed E-state index contributed by atoms with van der Waals surface area (Å²) in [4.78, 5) is 13.8. The number of nitrogens with zero attached hydrogens (tertiary/aromatic N) is 1. The zero-order chi connectivity index (χ0) is 14.1. The van der Waals surface area contributed by atoms with Crippen LogP contribution in [0.15, 0.2) is 17.4 Å². The molecule has 0 aliphatic rings. The van der Waals surface area contributed by atoms with Gasteiger partial charge in [-0.25, -0.2) is 0 Å². The molecule has 0 aliphatic carbocycles. The molecule has 2 N–H and O–H groups in total. The van der Waals surface area contributed by atoms with Crippen LogP contribution in [-0.4, -0.2) is 10.1 Å². The Balaban J connectivity index is 0.000000873. The molecule has 96 valence electrons. The third kappa shape index (κ3) is 3.63. The zero-order valence-corrected chi connectivity index (χ0v) is 10.9. The van der Waals surface area contributed by atoms with Gasteiger partial charge >= 0.3 is 0 Å². The smallest absolute Gasteiger partial charge is 0.270 e. The van der Waals surface area contributed by atoms with Crippen LogP contribution in [0.25, 0.3) is 12.2 Å². The molecular formula is C14H18N2O2. The van der Waals surface area contributed by atoms with E-state index in [4.69, 9.17) is 5.26 Å². The van der Waals surface area contributed by atoms with Crippen LogP contribution in [0.4, 0.5) is 0 Å². The SMILES string of the molecule is C=C/C=c1/[nH]c(=O)c(C#N)c(O)/c1=C/C.CCC. The number of aromatic nitrogens is 1. The highest BCUT2D eigenvalue weighted by atomic mass is 16.3. The topological polar surface area (TPSA) is 76.9 Å². The lowest BCUT2D eigenvalue weighted by atomic mass is 10.2. The largest absolute Gasteiger partial charge is 0.506 e. The molecule has 0 atom stereocenters. The van der Waals surface area contributed by atoms with E-state index in [0.29, 0.717) is 10.6 Å². The van der Waals surface area contributed by atoms with Crippen molar-refractivity contribution in [2.24, 2.45) is 0 Å². The van der Waals surface area contributed by atoms with Crippen molar-refractivity contribution in [1.29, 1.82) is 5.26 Å². The molecule has 1 heterocycles. The Morgan fingerprint density at radius 2 is 2.06 bits per heavy atom. The molecule has 0 aromatic carbocycles. The van der Waals surface area contributed by atoms with Crippen molar-refractivity contribution in [3.8, 4) is 11.8 Å². The third-order valence-electron chi connectivity index (χ3n) is 1.94. The number of nitrogens with one attached hydrogen (secondary N) is 1. The maximum Gasteiger partial charge on any atom is 0.270 e.